The number of aliphatic hydroxyl groups excluding tert-OH is 1. The molecule has 1 N–H and O–H groups in total. The molecule has 1 atom stereocenters. The zero-order chi connectivity index (χ0) is 10.8. The van der Waals surface area contributed by atoms with Crippen LogP contribution in [0.3, 0.4) is 0 Å². The van der Waals surface area contributed by atoms with Gasteiger partial charge in [0, 0.05) is 19.6 Å². The van der Waals surface area contributed by atoms with Crippen LogP contribution in [0, 0.1) is 5.92 Å². The summed E-state index contributed by atoms with van der Waals surface area (Å²) in [6.07, 6.45) is -0.0162. The normalized spacial score (nSPS) is 28.3. The summed E-state index contributed by atoms with van der Waals surface area (Å²) in [6.45, 7) is 11.6. The average Bonchev–Trinajstić information content (AvgIpc) is 1.99. The molecular weight excluding hydrogens is 178 g/mol. The Kier molecular flexibility index (Phi) is 3.93. The van der Waals surface area contributed by atoms with Gasteiger partial charge in [0.15, 0.2) is 0 Å². The number of nitrogens with zero attached hydrogens (tertiary/aromatic N) is 1. The lowest BCUT2D eigenvalue weighted by Crippen LogP contribution is -2.54. The van der Waals surface area contributed by atoms with Crippen molar-refractivity contribution in [3.05, 3.63) is 0 Å². The Balaban J connectivity index is 2.52. The molecule has 84 valence electrons. The van der Waals surface area contributed by atoms with E-state index in [1.165, 1.54) is 0 Å². The van der Waals surface area contributed by atoms with Gasteiger partial charge in [-0.15, -0.1) is 0 Å². The summed E-state index contributed by atoms with van der Waals surface area (Å²) in [7, 11) is 0. The van der Waals surface area contributed by atoms with Crippen molar-refractivity contribution in [2.24, 2.45) is 5.92 Å². The lowest BCUT2D eigenvalue weighted by molar-refractivity contribution is -0.150. The number of ether oxygens (including phenoxy) is 1. The average molecular weight is 201 g/mol. The van der Waals surface area contributed by atoms with E-state index in [2.05, 4.69) is 32.6 Å². The van der Waals surface area contributed by atoms with E-state index in [0.717, 1.165) is 19.6 Å². The molecule has 0 aliphatic carbocycles. The van der Waals surface area contributed by atoms with Crippen molar-refractivity contribution in [3.63, 3.8) is 0 Å². The summed E-state index contributed by atoms with van der Waals surface area (Å²) >= 11 is 0. The van der Waals surface area contributed by atoms with Crippen molar-refractivity contribution in [1.82, 2.24) is 4.90 Å². The Bertz CT molecular complexity index is 180. The van der Waals surface area contributed by atoms with Gasteiger partial charge in [-0.25, -0.2) is 0 Å². The molecule has 3 nitrogen and oxygen atoms in total. The maximum absolute atomic E-state index is 9.12. The second-order valence-corrected chi connectivity index (χ2v) is 5.27. The smallest absolute Gasteiger partial charge is 0.0940 e. The third-order valence-corrected chi connectivity index (χ3v) is 2.38. The van der Waals surface area contributed by atoms with Crippen LogP contribution in [0.15, 0.2) is 0 Å². The molecule has 14 heavy (non-hydrogen) atoms. The SMILES string of the molecule is CC(C)CN1CC(CO)OC(C)(C)C1. The minimum Gasteiger partial charge on any atom is -0.394 e. The lowest BCUT2D eigenvalue weighted by atomic mass is 10.0. The highest BCUT2D eigenvalue weighted by molar-refractivity contribution is 4.84. The molecule has 0 amide bonds. The highest BCUT2D eigenvalue weighted by Crippen LogP contribution is 2.21. The van der Waals surface area contributed by atoms with Crippen LogP contribution in [-0.4, -0.2) is 48.0 Å². The molecule has 0 aromatic rings. The Morgan fingerprint density at radius 2 is 2.14 bits per heavy atom. The van der Waals surface area contributed by atoms with Crippen molar-refractivity contribution in [2.75, 3.05) is 26.2 Å². The second kappa shape index (κ2) is 4.60. The van der Waals surface area contributed by atoms with Crippen LogP contribution in [0.25, 0.3) is 0 Å². The molecule has 0 aromatic carbocycles. The third kappa shape index (κ3) is 3.56. The molecule has 1 aliphatic rings. The predicted octanol–water partition coefficient (Wildman–Crippen LogP) is 1.11. The summed E-state index contributed by atoms with van der Waals surface area (Å²) in [5, 5.41) is 9.12. The van der Waals surface area contributed by atoms with Crippen molar-refractivity contribution in [2.45, 2.75) is 39.4 Å². The van der Waals surface area contributed by atoms with Crippen LogP contribution < -0.4 is 0 Å². The van der Waals surface area contributed by atoms with E-state index in [4.69, 9.17) is 9.84 Å². The van der Waals surface area contributed by atoms with Gasteiger partial charge in [0.25, 0.3) is 0 Å². The van der Waals surface area contributed by atoms with E-state index in [-0.39, 0.29) is 18.3 Å². The summed E-state index contributed by atoms with van der Waals surface area (Å²) in [4.78, 5) is 2.38. The lowest BCUT2D eigenvalue weighted by Gasteiger charge is -2.42. The monoisotopic (exact) mass is 201 g/mol. The zero-order valence-corrected chi connectivity index (χ0v) is 9.79. The van der Waals surface area contributed by atoms with E-state index in [1.54, 1.807) is 0 Å². The minimum absolute atomic E-state index is 0.0162. The summed E-state index contributed by atoms with van der Waals surface area (Å²) in [6, 6.07) is 0. The molecule has 1 unspecified atom stereocenters. The Morgan fingerprint density at radius 1 is 1.50 bits per heavy atom. The highest BCUT2D eigenvalue weighted by atomic mass is 16.5. The van der Waals surface area contributed by atoms with Crippen LogP contribution in [0.5, 0.6) is 0 Å². The molecule has 0 saturated carbocycles. The molecule has 1 heterocycles. The minimum atomic E-state index is -0.124. The van der Waals surface area contributed by atoms with Gasteiger partial charge in [-0.05, 0) is 19.8 Å². The van der Waals surface area contributed by atoms with E-state index >= 15 is 0 Å². The van der Waals surface area contributed by atoms with Gasteiger partial charge in [-0.1, -0.05) is 13.8 Å². The van der Waals surface area contributed by atoms with Crippen LogP contribution >= 0.6 is 0 Å². The first-order valence-electron chi connectivity index (χ1n) is 5.44. The molecule has 0 radical (unpaired) electrons. The summed E-state index contributed by atoms with van der Waals surface area (Å²) in [5.41, 5.74) is -0.124. The molecule has 1 fully saturated rings. The fraction of sp³-hybridized carbons (Fsp3) is 1.00. The van der Waals surface area contributed by atoms with Crippen molar-refractivity contribution in [1.29, 1.82) is 0 Å². The topological polar surface area (TPSA) is 32.7 Å². The fourth-order valence-corrected chi connectivity index (χ4v) is 2.17. The molecule has 0 aromatic heterocycles. The zero-order valence-electron chi connectivity index (χ0n) is 9.79. The Morgan fingerprint density at radius 3 is 2.64 bits per heavy atom. The van der Waals surface area contributed by atoms with Gasteiger partial charge < -0.3 is 9.84 Å². The van der Waals surface area contributed by atoms with E-state index in [0.29, 0.717) is 5.92 Å². The molecule has 1 rings (SSSR count). The standard InChI is InChI=1S/C11H23NO2/c1-9(2)5-12-6-10(7-13)14-11(3,4)8-12/h9-10,13H,5-8H2,1-4H3. The number of hydrogen-bond donors (Lipinski definition) is 1. The first-order valence-corrected chi connectivity index (χ1v) is 5.44. The molecule has 3 heteroatoms. The van der Waals surface area contributed by atoms with Gasteiger partial charge in [0.2, 0.25) is 0 Å². The Hall–Kier alpha value is -0.120. The first kappa shape index (κ1) is 12.0. The Labute approximate surface area is 87.1 Å². The fourth-order valence-electron chi connectivity index (χ4n) is 2.17. The van der Waals surface area contributed by atoms with E-state index < -0.39 is 0 Å². The van der Waals surface area contributed by atoms with Crippen molar-refractivity contribution >= 4 is 0 Å². The van der Waals surface area contributed by atoms with Crippen molar-refractivity contribution < 1.29 is 9.84 Å². The summed E-state index contributed by atoms with van der Waals surface area (Å²) < 4.78 is 5.74. The van der Waals surface area contributed by atoms with Gasteiger partial charge in [0.1, 0.15) is 0 Å². The maximum atomic E-state index is 9.12. The number of aliphatic hydroxyl groups is 1. The van der Waals surface area contributed by atoms with Gasteiger partial charge in [-0.2, -0.15) is 0 Å². The van der Waals surface area contributed by atoms with E-state index in [1.807, 2.05) is 0 Å². The highest BCUT2D eigenvalue weighted by Gasteiger charge is 2.32. The van der Waals surface area contributed by atoms with Crippen LogP contribution in [-0.2, 0) is 4.74 Å². The number of hydrogen-bond acceptors (Lipinski definition) is 3. The van der Waals surface area contributed by atoms with Crippen LogP contribution in [0.2, 0.25) is 0 Å². The number of morpholine rings is 1. The van der Waals surface area contributed by atoms with Gasteiger partial charge in [-0.3, -0.25) is 4.90 Å². The third-order valence-electron chi connectivity index (χ3n) is 2.38. The molecule has 0 spiro atoms. The predicted molar refractivity (Wildman–Crippen MR) is 57.3 cm³/mol. The largest absolute Gasteiger partial charge is 0.394 e. The molecule has 0 bridgehead atoms. The van der Waals surface area contributed by atoms with E-state index in [9.17, 15) is 0 Å². The van der Waals surface area contributed by atoms with Gasteiger partial charge in [0.05, 0.1) is 18.3 Å². The summed E-state index contributed by atoms with van der Waals surface area (Å²) in [5.74, 6) is 0.670. The quantitative estimate of drug-likeness (QED) is 0.742. The molecule has 1 aliphatic heterocycles. The number of rotatable bonds is 3. The van der Waals surface area contributed by atoms with Crippen LogP contribution in [0.4, 0.5) is 0 Å². The first-order chi connectivity index (χ1) is 6.43. The van der Waals surface area contributed by atoms with Crippen LogP contribution in [0.1, 0.15) is 27.7 Å². The van der Waals surface area contributed by atoms with Gasteiger partial charge >= 0.3 is 0 Å². The maximum Gasteiger partial charge on any atom is 0.0940 e. The molecular formula is C11H23NO2. The van der Waals surface area contributed by atoms with Crippen molar-refractivity contribution in [3.8, 4) is 0 Å². The molecule has 1 saturated heterocycles. The second-order valence-electron chi connectivity index (χ2n) is 5.27.